The summed E-state index contributed by atoms with van der Waals surface area (Å²) in [7, 11) is 0. The van der Waals surface area contributed by atoms with Crippen molar-refractivity contribution in [3.63, 3.8) is 0 Å². The van der Waals surface area contributed by atoms with Crippen molar-refractivity contribution in [3.8, 4) is 11.5 Å². The quantitative estimate of drug-likeness (QED) is 0.269. The van der Waals surface area contributed by atoms with Crippen molar-refractivity contribution in [3.05, 3.63) is 99.4 Å². The molecule has 1 fully saturated rings. The molecule has 3 aromatic rings. The Morgan fingerprint density at radius 2 is 1.56 bits per heavy atom. The van der Waals surface area contributed by atoms with E-state index in [0.717, 1.165) is 33.1 Å². The van der Waals surface area contributed by atoms with E-state index in [1.807, 2.05) is 78.9 Å². The van der Waals surface area contributed by atoms with E-state index in [0.29, 0.717) is 23.9 Å². The Hall–Kier alpha value is -3.03. The molecule has 0 atom stereocenters. The third kappa shape index (κ3) is 5.81. The smallest absolute Gasteiger partial charge is 0.293 e. The molecule has 1 saturated heterocycles. The highest BCUT2D eigenvalue weighted by Gasteiger charge is 2.35. The van der Waals surface area contributed by atoms with Crippen molar-refractivity contribution in [2.45, 2.75) is 6.54 Å². The second-order valence-electron chi connectivity index (χ2n) is 6.98. The van der Waals surface area contributed by atoms with E-state index in [2.05, 4.69) is 15.9 Å². The molecule has 32 heavy (non-hydrogen) atoms. The van der Waals surface area contributed by atoms with Crippen LogP contribution in [-0.2, 0) is 11.3 Å². The van der Waals surface area contributed by atoms with Crippen molar-refractivity contribution >= 4 is 44.9 Å². The maximum atomic E-state index is 12.8. The van der Waals surface area contributed by atoms with E-state index < -0.39 is 0 Å². The molecule has 1 aliphatic rings. The van der Waals surface area contributed by atoms with Crippen LogP contribution in [0.1, 0.15) is 11.1 Å². The molecule has 0 spiro atoms. The number of carbonyl (C=O) groups is 2. The lowest BCUT2D eigenvalue weighted by Crippen LogP contribution is -2.27. The fourth-order valence-corrected chi connectivity index (χ4v) is 4.42. The number of hydrogen-bond donors (Lipinski definition) is 0. The molecule has 0 bridgehead atoms. The predicted molar refractivity (Wildman–Crippen MR) is 130 cm³/mol. The topological polar surface area (TPSA) is 55.8 Å². The highest BCUT2D eigenvalue weighted by atomic mass is 79.9. The Labute approximate surface area is 199 Å². The molecule has 0 aromatic heterocycles. The van der Waals surface area contributed by atoms with Gasteiger partial charge >= 0.3 is 0 Å². The Bertz CT molecular complexity index is 1150. The van der Waals surface area contributed by atoms with Gasteiger partial charge in [-0.3, -0.25) is 14.5 Å². The monoisotopic (exact) mass is 509 g/mol. The van der Waals surface area contributed by atoms with E-state index in [1.54, 1.807) is 6.08 Å². The normalized spacial score (nSPS) is 14.8. The molecule has 5 nitrogen and oxygen atoms in total. The van der Waals surface area contributed by atoms with E-state index >= 15 is 0 Å². The molecular formula is C25H20BrNO4S. The predicted octanol–water partition coefficient (Wildman–Crippen LogP) is 6.14. The van der Waals surface area contributed by atoms with Gasteiger partial charge in [-0.05, 0) is 65.4 Å². The van der Waals surface area contributed by atoms with E-state index in [4.69, 9.17) is 9.47 Å². The minimum Gasteiger partial charge on any atom is -0.490 e. The first-order valence-electron chi connectivity index (χ1n) is 9.99. The number of benzene rings is 3. The molecule has 162 valence electrons. The SMILES string of the molecule is O=C1S/C(=C/c2cccc(OCCOc3ccccc3)c2)C(=O)N1Cc1cccc(Br)c1. The molecule has 1 aliphatic heterocycles. The van der Waals surface area contributed by atoms with Gasteiger partial charge in [0.25, 0.3) is 11.1 Å². The van der Waals surface area contributed by atoms with Crippen LogP contribution < -0.4 is 9.47 Å². The zero-order chi connectivity index (χ0) is 22.3. The first-order chi connectivity index (χ1) is 15.6. The van der Waals surface area contributed by atoms with Crippen LogP contribution in [0, 0.1) is 0 Å². The van der Waals surface area contributed by atoms with Crippen LogP contribution in [0.3, 0.4) is 0 Å². The zero-order valence-corrected chi connectivity index (χ0v) is 19.5. The van der Waals surface area contributed by atoms with Crippen LogP contribution in [0.5, 0.6) is 11.5 Å². The zero-order valence-electron chi connectivity index (χ0n) is 17.1. The number of halogens is 1. The molecule has 2 amide bonds. The highest BCUT2D eigenvalue weighted by Crippen LogP contribution is 2.34. The lowest BCUT2D eigenvalue weighted by Gasteiger charge is -2.12. The summed E-state index contributed by atoms with van der Waals surface area (Å²) in [6.07, 6.45) is 1.72. The molecule has 0 unspecified atom stereocenters. The van der Waals surface area contributed by atoms with Gasteiger partial charge in [0.05, 0.1) is 11.4 Å². The van der Waals surface area contributed by atoms with E-state index in [-0.39, 0.29) is 17.7 Å². The Kier molecular flexibility index (Phi) is 7.29. The maximum Gasteiger partial charge on any atom is 0.293 e. The van der Waals surface area contributed by atoms with Crippen LogP contribution in [-0.4, -0.2) is 29.3 Å². The number of thioether (sulfide) groups is 1. The molecule has 7 heteroatoms. The molecule has 3 aromatic carbocycles. The lowest BCUT2D eigenvalue weighted by atomic mass is 10.2. The fourth-order valence-electron chi connectivity index (χ4n) is 3.14. The number of para-hydroxylation sites is 1. The van der Waals surface area contributed by atoms with Crippen LogP contribution in [0.15, 0.2) is 88.2 Å². The first-order valence-corrected chi connectivity index (χ1v) is 11.6. The molecule has 4 rings (SSSR count). The van der Waals surface area contributed by atoms with Gasteiger partial charge in [-0.1, -0.05) is 58.4 Å². The summed E-state index contributed by atoms with van der Waals surface area (Å²) in [6, 6.07) is 24.5. The minimum absolute atomic E-state index is 0.242. The first kappa shape index (κ1) is 22.2. The third-order valence-electron chi connectivity index (χ3n) is 4.62. The maximum absolute atomic E-state index is 12.8. The van der Waals surface area contributed by atoms with Gasteiger partial charge in [-0.25, -0.2) is 0 Å². The summed E-state index contributed by atoms with van der Waals surface area (Å²) in [5, 5.41) is -0.272. The Balaban J connectivity index is 1.37. The number of imide groups is 1. The van der Waals surface area contributed by atoms with Gasteiger partial charge in [0.15, 0.2) is 0 Å². The van der Waals surface area contributed by atoms with Gasteiger partial charge in [0, 0.05) is 4.47 Å². The van der Waals surface area contributed by atoms with Crippen molar-refractivity contribution in [2.75, 3.05) is 13.2 Å². The van der Waals surface area contributed by atoms with E-state index in [1.165, 1.54) is 4.90 Å². The third-order valence-corrected chi connectivity index (χ3v) is 6.02. The van der Waals surface area contributed by atoms with Crippen LogP contribution in [0.25, 0.3) is 6.08 Å². The summed E-state index contributed by atoms with van der Waals surface area (Å²) in [5.41, 5.74) is 1.68. The molecule has 0 N–H and O–H groups in total. The van der Waals surface area contributed by atoms with Gasteiger partial charge < -0.3 is 9.47 Å². The largest absolute Gasteiger partial charge is 0.490 e. The van der Waals surface area contributed by atoms with Crippen LogP contribution in [0.2, 0.25) is 0 Å². The summed E-state index contributed by atoms with van der Waals surface area (Å²) in [4.78, 5) is 26.9. The van der Waals surface area contributed by atoms with E-state index in [9.17, 15) is 9.59 Å². The molecule has 1 heterocycles. The number of amides is 2. The van der Waals surface area contributed by atoms with Gasteiger partial charge in [0.1, 0.15) is 24.7 Å². The number of ether oxygens (including phenoxy) is 2. The Morgan fingerprint density at radius 1 is 0.844 bits per heavy atom. The molecule has 0 aliphatic carbocycles. The summed E-state index contributed by atoms with van der Waals surface area (Å²) < 4.78 is 12.3. The molecule has 0 radical (unpaired) electrons. The van der Waals surface area contributed by atoms with Crippen molar-refractivity contribution in [1.82, 2.24) is 4.90 Å². The van der Waals surface area contributed by atoms with Gasteiger partial charge in [-0.15, -0.1) is 0 Å². The molecular weight excluding hydrogens is 490 g/mol. The fraction of sp³-hybridized carbons (Fsp3) is 0.120. The number of hydrogen-bond acceptors (Lipinski definition) is 5. The molecule has 0 saturated carbocycles. The lowest BCUT2D eigenvalue weighted by molar-refractivity contribution is -0.123. The summed E-state index contributed by atoms with van der Waals surface area (Å²) >= 11 is 4.37. The second-order valence-corrected chi connectivity index (χ2v) is 8.89. The standard InChI is InChI=1S/C25H20BrNO4S/c26-20-8-4-7-19(14-20)17-27-24(28)23(32-25(27)29)16-18-6-5-11-22(15-18)31-13-12-30-21-9-2-1-3-10-21/h1-11,14-16H,12-13,17H2/b23-16+. The van der Waals surface area contributed by atoms with Crippen molar-refractivity contribution < 1.29 is 19.1 Å². The van der Waals surface area contributed by atoms with Gasteiger partial charge in [0.2, 0.25) is 0 Å². The highest BCUT2D eigenvalue weighted by molar-refractivity contribution is 9.10. The van der Waals surface area contributed by atoms with Gasteiger partial charge in [-0.2, -0.15) is 0 Å². The number of nitrogens with zero attached hydrogens (tertiary/aromatic N) is 1. The summed E-state index contributed by atoms with van der Waals surface area (Å²) in [5.74, 6) is 1.18. The van der Waals surface area contributed by atoms with Crippen molar-refractivity contribution in [1.29, 1.82) is 0 Å². The minimum atomic E-state index is -0.289. The average molecular weight is 510 g/mol. The van der Waals surface area contributed by atoms with Crippen molar-refractivity contribution in [2.24, 2.45) is 0 Å². The number of carbonyl (C=O) groups excluding carboxylic acids is 2. The summed E-state index contributed by atoms with van der Waals surface area (Å²) in [6.45, 7) is 1.05. The number of rotatable bonds is 8. The van der Waals surface area contributed by atoms with Crippen LogP contribution in [0.4, 0.5) is 4.79 Å². The van der Waals surface area contributed by atoms with Crippen LogP contribution >= 0.6 is 27.7 Å². The second kappa shape index (κ2) is 10.5. The average Bonchev–Trinajstić information content (AvgIpc) is 3.05. The Morgan fingerprint density at radius 3 is 2.34 bits per heavy atom.